The molecule has 0 bridgehead atoms. The second-order valence-electron chi connectivity index (χ2n) is 8.86. The first kappa shape index (κ1) is 20.0. The van der Waals surface area contributed by atoms with Crippen LogP contribution in [0.25, 0.3) is 6.08 Å². The molecule has 0 saturated carbocycles. The number of nitrogens with two attached hydrogens (primary N) is 1. The molecular formula is C27H29N3. The standard InChI is InChI=1S/C27H29N3/c1-27(2,3)22-14-9-20(10-15-22)11-18-24-19-26(21-12-16-23(28)17-13-21)30(29-24)25-7-5-4-6-8-25/h4-18,26H,19,28H2,1-3H3. The number of para-hydroxylation sites is 1. The number of rotatable bonds is 4. The van der Waals surface area contributed by atoms with Gasteiger partial charge in [-0.25, -0.2) is 0 Å². The van der Waals surface area contributed by atoms with Crippen molar-refractivity contribution in [2.45, 2.75) is 38.6 Å². The molecule has 152 valence electrons. The maximum atomic E-state index is 5.89. The summed E-state index contributed by atoms with van der Waals surface area (Å²) in [6, 6.07) is 27.4. The van der Waals surface area contributed by atoms with Gasteiger partial charge in [-0.1, -0.05) is 81.4 Å². The minimum absolute atomic E-state index is 0.163. The highest BCUT2D eigenvalue weighted by Gasteiger charge is 2.28. The van der Waals surface area contributed by atoms with Crippen LogP contribution < -0.4 is 10.7 Å². The largest absolute Gasteiger partial charge is 0.399 e. The Morgan fingerprint density at radius 2 is 1.53 bits per heavy atom. The summed E-state index contributed by atoms with van der Waals surface area (Å²) < 4.78 is 0. The van der Waals surface area contributed by atoms with E-state index in [0.29, 0.717) is 0 Å². The summed E-state index contributed by atoms with van der Waals surface area (Å²) in [5.41, 5.74) is 12.8. The normalized spacial score (nSPS) is 16.8. The number of hydrazone groups is 1. The van der Waals surface area contributed by atoms with E-state index >= 15 is 0 Å². The topological polar surface area (TPSA) is 41.6 Å². The van der Waals surface area contributed by atoms with Crippen LogP contribution in [0.5, 0.6) is 0 Å². The predicted molar refractivity (Wildman–Crippen MR) is 129 cm³/mol. The van der Waals surface area contributed by atoms with Gasteiger partial charge in [-0.3, -0.25) is 5.01 Å². The van der Waals surface area contributed by atoms with Gasteiger partial charge in [-0.05, 0) is 52.4 Å². The number of nitrogens with zero attached hydrogens (tertiary/aromatic N) is 2. The molecule has 0 spiro atoms. The Labute approximate surface area is 179 Å². The molecule has 2 N–H and O–H groups in total. The van der Waals surface area contributed by atoms with Gasteiger partial charge < -0.3 is 5.73 Å². The lowest BCUT2D eigenvalue weighted by Gasteiger charge is -2.24. The van der Waals surface area contributed by atoms with E-state index in [1.807, 2.05) is 18.2 Å². The molecule has 3 nitrogen and oxygen atoms in total. The molecule has 4 rings (SSSR count). The van der Waals surface area contributed by atoms with E-state index in [2.05, 4.69) is 98.6 Å². The van der Waals surface area contributed by atoms with Crippen LogP contribution in [0.4, 0.5) is 11.4 Å². The lowest BCUT2D eigenvalue weighted by molar-refractivity contribution is 0.590. The summed E-state index contributed by atoms with van der Waals surface area (Å²) in [6.45, 7) is 6.71. The van der Waals surface area contributed by atoms with Gasteiger partial charge >= 0.3 is 0 Å². The van der Waals surface area contributed by atoms with Crippen molar-refractivity contribution < 1.29 is 0 Å². The van der Waals surface area contributed by atoms with E-state index in [1.54, 1.807) is 0 Å². The molecule has 0 radical (unpaired) electrons. The van der Waals surface area contributed by atoms with Crippen molar-refractivity contribution >= 4 is 23.2 Å². The van der Waals surface area contributed by atoms with E-state index in [0.717, 1.165) is 23.5 Å². The van der Waals surface area contributed by atoms with Crippen molar-refractivity contribution in [2.24, 2.45) is 5.10 Å². The molecule has 1 aliphatic rings. The van der Waals surface area contributed by atoms with Gasteiger partial charge in [-0.2, -0.15) is 5.10 Å². The fraction of sp³-hybridized carbons (Fsp3) is 0.222. The molecule has 0 aliphatic carbocycles. The van der Waals surface area contributed by atoms with Crippen LogP contribution in [-0.4, -0.2) is 5.71 Å². The van der Waals surface area contributed by atoms with Crippen LogP contribution in [0.2, 0.25) is 0 Å². The van der Waals surface area contributed by atoms with Crippen LogP contribution in [-0.2, 0) is 5.41 Å². The summed E-state index contributed by atoms with van der Waals surface area (Å²) in [5.74, 6) is 0. The number of hydrogen-bond donors (Lipinski definition) is 1. The van der Waals surface area contributed by atoms with Gasteiger partial charge in [0, 0.05) is 12.1 Å². The van der Waals surface area contributed by atoms with Crippen molar-refractivity contribution in [1.82, 2.24) is 0 Å². The first-order valence-electron chi connectivity index (χ1n) is 10.5. The maximum Gasteiger partial charge on any atom is 0.0831 e. The van der Waals surface area contributed by atoms with Gasteiger partial charge in [0.25, 0.3) is 0 Å². The summed E-state index contributed by atoms with van der Waals surface area (Å²) in [5, 5.41) is 7.06. The zero-order valence-electron chi connectivity index (χ0n) is 17.9. The van der Waals surface area contributed by atoms with Crippen molar-refractivity contribution in [1.29, 1.82) is 0 Å². The summed E-state index contributed by atoms with van der Waals surface area (Å²) in [6.07, 6.45) is 5.15. The van der Waals surface area contributed by atoms with Crippen LogP contribution in [0.15, 0.2) is 90.0 Å². The van der Waals surface area contributed by atoms with Gasteiger partial charge in [-0.15, -0.1) is 0 Å². The zero-order chi connectivity index (χ0) is 21.1. The van der Waals surface area contributed by atoms with Crippen molar-refractivity contribution in [3.63, 3.8) is 0 Å². The quantitative estimate of drug-likeness (QED) is 0.507. The Bertz CT molecular complexity index is 1040. The number of hydrogen-bond acceptors (Lipinski definition) is 3. The fourth-order valence-corrected chi connectivity index (χ4v) is 3.72. The lowest BCUT2D eigenvalue weighted by atomic mass is 9.87. The summed E-state index contributed by atoms with van der Waals surface area (Å²) in [7, 11) is 0. The Hall–Kier alpha value is -3.33. The molecule has 1 aliphatic heterocycles. The zero-order valence-corrected chi connectivity index (χ0v) is 17.9. The highest BCUT2D eigenvalue weighted by atomic mass is 15.5. The van der Waals surface area contributed by atoms with Crippen molar-refractivity contribution in [2.75, 3.05) is 10.7 Å². The smallest absolute Gasteiger partial charge is 0.0831 e. The van der Waals surface area contributed by atoms with E-state index in [-0.39, 0.29) is 11.5 Å². The minimum atomic E-state index is 0.163. The number of anilines is 2. The molecule has 3 aromatic carbocycles. The lowest BCUT2D eigenvalue weighted by Crippen LogP contribution is -2.18. The van der Waals surface area contributed by atoms with Gasteiger partial charge in [0.15, 0.2) is 0 Å². The average molecular weight is 396 g/mol. The highest BCUT2D eigenvalue weighted by molar-refractivity contribution is 6.01. The first-order valence-corrected chi connectivity index (χ1v) is 10.5. The van der Waals surface area contributed by atoms with E-state index in [4.69, 9.17) is 10.8 Å². The first-order chi connectivity index (χ1) is 14.4. The molecule has 3 heteroatoms. The minimum Gasteiger partial charge on any atom is -0.399 e. The summed E-state index contributed by atoms with van der Waals surface area (Å²) in [4.78, 5) is 0. The van der Waals surface area contributed by atoms with E-state index in [1.165, 1.54) is 16.7 Å². The number of benzene rings is 3. The van der Waals surface area contributed by atoms with Crippen LogP contribution in [0.3, 0.4) is 0 Å². The molecule has 1 unspecified atom stereocenters. The third kappa shape index (κ3) is 4.46. The monoisotopic (exact) mass is 395 g/mol. The molecule has 1 heterocycles. The maximum absolute atomic E-state index is 5.89. The van der Waals surface area contributed by atoms with Crippen molar-refractivity contribution in [3.8, 4) is 0 Å². The average Bonchev–Trinajstić information content (AvgIpc) is 3.17. The second kappa shape index (κ2) is 8.19. The Kier molecular flexibility index (Phi) is 5.45. The molecule has 3 aromatic rings. The van der Waals surface area contributed by atoms with E-state index < -0.39 is 0 Å². The Balaban J connectivity index is 1.59. The van der Waals surface area contributed by atoms with Crippen LogP contribution in [0, 0.1) is 0 Å². The van der Waals surface area contributed by atoms with Crippen LogP contribution >= 0.6 is 0 Å². The summed E-state index contributed by atoms with van der Waals surface area (Å²) >= 11 is 0. The molecule has 0 amide bonds. The second-order valence-corrected chi connectivity index (χ2v) is 8.86. The highest BCUT2D eigenvalue weighted by Crippen LogP contribution is 2.35. The fourth-order valence-electron chi connectivity index (χ4n) is 3.72. The molecular weight excluding hydrogens is 366 g/mol. The number of allylic oxidation sites excluding steroid dienone is 1. The number of nitrogen functional groups attached to an aromatic ring is 1. The van der Waals surface area contributed by atoms with Gasteiger partial charge in [0.1, 0.15) is 0 Å². The molecule has 0 aromatic heterocycles. The molecule has 30 heavy (non-hydrogen) atoms. The van der Waals surface area contributed by atoms with Crippen molar-refractivity contribution in [3.05, 3.63) is 102 Å². The van der Waals surface area contributed by atoms with Gasteiger partial charge in [0.05, 0.1) is 17.4 Å². The van der Waals surface area contributed by atoms with Gasteiger partial charge in [0.2, 0.25) is 0 Å². The molecule has 1 atom stereocenters. The SMILES string of the molecule is CC(C)(C)c1ccc(C=CC2=NN(c3ccccc3)C(c3ccc(N)cc3)C2)cc1. The Morgan fingerprint density at radius 1 is 0.867 bits per heavy atom. The Morgan fingerprint density at radius 3 is 2.17 bits per heavy atom. The van der Waals surface area contributed by atoms with E-state index in [9.17, 15) is 0 Å². The predicted octanol–water partition coefficient (Wildman–Crippen LogP) is 6.59. The third-order valence-electron chi connectivity index (χ3n) is 5.52. The molecule has 0 saturated heterocycles. The third-order valence-corrected chi connectivity index (χ3v) is 5.52. The molecule has 0 fully saturated rings. The van der Waals surface area contributed by atoms with Crippen LogP contribution in [0.1, 0.15) is 49.9 Å².